The van der Waals surface area contributed by atoms with Crippen molar-refractivity contribution in [2.45, 2.75) is 58.8 Å². The molecule has 10 heteroatoms. The molecule has 0 spiro atoms. The van der Waals surface area contributed by atoms with E-state index in [1.54, 1.807) is 11.7 Å². The number of methoxy groups -OCH3 is 1. The maximum Gasteiger partial charge on any atom is 0.302 e. The number of nitrogens with two attached hydrogens (primary N) is 2. The number of primary amides is 1. The van der Waals surface area contributed by atoms with Gasteiger partial charge in [-0.3, -0.25) is 14.4 Å². The lowest BCUT2D eigenvalue weighted by atomic mass is 9.85. The van der Waals surface area contributed by atoms with E-state index in [1.807, 2.05) is 31.2 Å². The molecule has 0 aliphatic carbocycles. The Morgan fingerprint density at radius 2 is 1.97 bits per heavy atom. The Morgan fingerprint density at radius 1 is 1.27 bits per heavy atom. The molecule has 0 saturated carbocycles. The minimum absolute atomic E-state index is 0.208. The maximum absolute atomic E-state index is 13.7. The second-order valence-corrected chi connectivity index (χ2v) is 8.81. The van der Waals surface area contributed by atoms with Gasteiger partial charge in [0.2, 0.25) is 6.41 Å². The molecule has 1 atom stereocenters. The smallest absolute Gasteiger partial charge is 0.302 e. The molecule has 0 fully saturated rings. The van der Waals surface area contributed by atoms with Crippen LogP contribution >= 0.6 is 0 Å². The van der Waals surface area contributed by atoms with E-state index in [0.29, 0.717) is 24.2 Å². The van der Waals surface area contributed by atoms with Crippen molar-refractivity contribution in [1.82, 2.24) is 9.55 Å². The first-order valence-corrected chi connectivity index (χ1v) is 12.2. The third-order valence-corrected chi connectivity index (χ3v) is 6.79. The van der Waals surface area contributed by atoms with Crippen LogP contribution in [0, 0.1) is 0 Å². The number of carbonyl (C=O) groups excluding carboxylic acids is 2. The lowest BCUT2D eigenvalue weighted by Crippen LogP contribution is -2.35. The van der Waals surface area contributed by atoms with Gasteiger partial charge in [0.05, 0.1) is 41.7 Å². The minimum atomic E-state index is -1.32. The zero-order chi connectivity index (χ0) is 27.3. The van der Waals surface area contributed by atoms with E-state index in [1.165, 1.54) is 6.92 Å². The molecule has 1 aliphatic heterocycles. The highest BCUT2D eigenvalue weighted by Crippen LogP contribution is 2.39. The second-order valence-electron chi connectivity index (χ2n) is 8.81. The molecular weight excluding hydrogens is 476 g/mol. The first-order chi connectivity index (χ1) is 17.7. The first kappa shape index (κ1) is 27.8. The van der Waals surface area contributed by atoms with Gasteiger partial charge in [0, 0.05) is 17.9 Å². The number of ether oxygens (including phenoxy) is 2. The molecule has 1 unspecified atom stereocenters. The largest absolute Gasteiger partial charge is 0.497 e. The zero-order valence-corrected chi connectivity index (χ0v) is 21.7. The number of rotatable bonds is 8. The Hall–Kier alpha value is -3.76. The SMILES string of the molecule is CCc1c2c(nc3ccc(OC)cc13)-c1cc(C(O)(CC)CCN)c(COC(C)=O)c(=O)n1C2.NC=O. The highest BCUT2D eigenvalue weighted by atomic mass is 16.5. The van der Waals surface area contributed by atoms with Gasteiger partial charge < -0.3 is 30.6 Å². The van der Waals surface area contributed by atoms with E-state index in [4.69, 9.17) is 25.0 Å². The molecule has 10 nitrogen and oxygen atoms in total. The van der Waals surface area contributed by atoms with E-state index >= 15 is 0 Å². The Kier molecular flexibility index (Phi) is 8.67. The summed E-state index contributed by atoms with van der Waals surface area (Å²) >= 11 is 0. The number of pyridine rings is 2. The summed E-state index contributed by atoms with van der Waals surface area (Å²) in [5.41, 5.74) is 13.4. The van der Waals surface area contributed by atoms with Crippen molar-refractivity contribution in [2.24, 2.45) is 11.5 Å². The number of amides is 1. The van der Waals surface area contributed by atoms with Gasteiger partial charge in [0.1, 0.15) is 12.4 Å². The van der Waals surface area contributed by atoms with Gasteiger partial charge in [-0.25, -0.2) is 4.98 Å². The summed E-state index contributed by atoms with van der Waals surface area (Å²) in [4.78, 5) is 38.7. The van der Waals surface area contributed by atoms with Crippen molar-refractivity contribution >= 4 is 23.3 Å². The molecule has 2 aromatic heterocycles. The monoisotopic (exact) mass is 510 g/mol. The quantitative estimate of drug-likeness (QED) is 0.240. The second kappa shape index (κ2) is 11.5. The van der Waals surface area contributed by atoms with Crippen LogP contribution in [0.4, 0.5) is 0 Å². The molecule has 1 amide bonds. The molecule has 0 bridgehead atoms. The molecule has 37 heavy (non-hydrogen) atoms. The maximum atomic E-state index is 13.7. The van der Waals surface area contributed by atoms with Gasteiger partial charge >= 0.3 is 5.97 Å². The zero-order valence-electron chi connectivity index (χ0n) is 21.7. The van der Waals surface area contributed by atoms with Crippen LogP contribution in [-0.2, 0) is 39.5 Å². The van der Waals surface area contributed by atoms with E-state index in [0.717, 1.165) is 39.9 Å². The van der Waals surface area contributed by atoms with Crippen molar-refractivity contribution in [3.8, 4) is 17.1 Å². The van der Waals surface area contributed by atoms with Gasteiger partial charge in [-0.1, -0.05) is 13.8 Å². The molecule has 0 saturated heterocycles. The molecule has 1 aromatic carbocycles. The molecule has 1 aliphatic rings. The molecular formula is C27H34N4O6. The molecule has 3 heterocycles. The van der Waals surface area contributed by atoms with Gasteiger partial charge in [0.25, 0.3) is 5.56 Å². The normalized spacial score (nSPS) is 13.1. The average molecular weight is 511 g/mol. The predicted octanol–water partition coefficient (Wildman–Crippen LogP) is 2.11. The van der Waals surface area contributed by atoms with Crippen molar-refractivity contribution in [3.63, 3.8) is 0 Å². The van der Waals surface area contributed by atoms with Crippen molar-refractivity contribution in [2.75, 3.05) is 13.7 Å². The number of benzene rings is 1. The van der Waals surface area contributed by atoms with Crippen LogP contribution in [0.25, 0.3) is 22.3 Å². The summed E-state index contributed by atoms with van der Waals surface area (Å²) in [7, 11) is 1.63. The first-order valence-electron chi connectivity index (χ1n) is 12.2. The van der Waals surface area contributed by atoms with Gasteiger partial charge in [0.15, 0.2) is 0 Å². The van der Waals surface area contributed by atoms with Crippen molar-refractivity contribution in [3.05, 3.63) is 56.9 Å². The number of nitrogens with zero attached hydrogens (tertiary/aromatic N) is 2. The minimum Gasteiger partial charge on any atom is -0.497 e. The summed E-state index contributed by atoms with van der Waals surface area (Å²) in [6.45, 7) is 5.62. The topological polar surface area (TPSA) is 160 Å². The fourth-order valence-electron chi connectivity index (χ4n) is 4.93. The Morgan fingerprint density at radius 3 is 2.54 bits per heavy atom. The molecule has 5 N–H and O–H groups in total. The number of aliphatic hydroxyl groups is 1. The molecule has 198 valence electrons. The van der Waals surface area contributed by atoms with Crippen molar-refractivity contribution < 1.29 is 24.2 Å². The standard InChI is InChI=1S/C26H31N3O5.CH3NO/c1-5-17-18-11-16(33-4)7-8-22(18)28-24-19(17)13-29-23(24)12-21(26(32,6-2)9-10-27)20(25(29)31)14-34-15(3)30;2-1-3/h7-8,11-12,32H,5-6,9-10,13-14,27H2,1-4H3;1H,(H2,2,3). The van der Waals surface area contributed by atoms with Gasteiger partial charge in [-0.2, -0.15) is 0 Å². The van der Waals surface area contributed by atoms with E-state index in [9.17, 15) is 14.7 Å². The van der Waals surface area contributed by atoms with Crippen LogP contribution in [0.3, 0.4) is 0 Å². The number of hydrogen-bond acceptors (Lipinski definition) is 8. The summed E-state index contributed by atoms with van der Waals surface area (Å²) < 4.78 is 12.3. The number of hydrogen-bond donors (Lipinski definition) is 3. The van der Waals surface area contributed by atoms with Crippen LogP contribution in [0.15, 0.2) is 29.1 Å². The lowest BCUT2D eigenvalue weighted by molar-refractivity contribution is -0.142. The summed E-state index contributed by atoms with van der Waals surface area (Å²) in [6, 6.07) is 7.59. The summed E-state index contributed by atoms with van der Waals surface area (Å²) in [5.74, 6) is 0.255. The van der Waals surface area contributed by atoms with Crippen LogP contribution in [0.2, 0.25) is 0 Å². The van der Waals surface area contributed by atoms with Crippen LogP contribution in [0.5, 0.6) is 5.75 Å². The Balaban J connectivity index is 0.00000121. The predicted molar refractivity (Wildman–Crippen MR) is 140 cm³/mol. The highest BCUT2D eigenvalue weighted by Gasteiger charge is 2.35. The fourth-order valence-corrected chi connectivity index (χ4v) is 4.93. The fraction of sp³-hybridized carbons (Fsp3) is 0.407. The molecule has 4 rings (SSSR count). The Bertz CT molecular complexity index is 1380. The number of aryl methyl sites for hydroxylation is 1. The number of carbonyl (C=O) groups is 2. The Labute approximate surface area is 215 Å². The van der Waals surface area contributed by atoms with E-state index in [-0.39, 0.29) is 37.1 Å². The van der Waals surface area contributed by atoms with Crippen molar-refractivity contribution in [1.29, 1.82) is 0 Å². The van der Waals surface area contributed by atoms with Crippen LogP contribution in [-0.4, -0.2) is 40.7 Å². The number of esters is 1. The summed E-state index contributed by atoms with van der Waals surface area (Å²) in [6.07, 6.45) is 1.64. The molecule has 3 aromatic rings. The number of aromatic nitrogens is 2. The lowest BCUT2D eigenvalue weighted by Gasteiger charge is -2.29. The van der Waals surface area contributed by atoms with E-state index in [2.05, 4.69) is 12.7 Å². The number of fused-ring (bicyclic) bond motifs is 4. The van der Waals surface area contributed by atoms with Gasteiger partial charge in [-0.15, -0.1) is 0 Å². The third-order valence-electron chi connectivity index (χ3n) is 6.79. The van der Waals surface area contributed by atoms with Crippen LogP contribution < -0.4 is 21.8 Å². The van der Waals surface area contributed by atoms with E-state index < -0.39 is 11.6 Å². The average Bonchev–Trinajstić information content (AvgIpc) is 3.25. The summed E-state index contributed by atoms with van der Waals surface area (Å²) in [5, 5.41) is 12.5. The van der Waals surface area contributed by atoms with Crippen LogP contribution in [0.1, 0.15) is 55.9 Å². The molecule has 0 radical (unpaired) electrons. The van der Waals surface area contributed by atoms with Gasteiger partial charge in [-0.05, 0) is 61.2 Å². The highest BCUT2D eigenvalue weighted by molar-refractivity contribution is 5.89. The third kappa shape index (κ3) is 5.21.